The molecular weight excluding hydrogens is 312 g/mol. The monoisotopic (exact) mass is 318 g/mol. The Bertz CT molecular complexity index is 752. The number of nitro groups is 1. The van der Waals surface area contributed by atoms with Gasteiger partial charge >= 0.3 is 0 Å². The fourth-order valence-electron chi connectivity index (χ4n) is 1.30. The lowest BCUT2D eigenvalue weighted by molar-refractivity contribution is -0.385. The predicted octanol–water partition coefficient (Wildman–Crippen LogP) is 1.87. The van der Waals surface area contributed by atoms with Crippen molar-refractivity contribution >= 4 is 33.3 Å². The molecule has 1 rings (SSSR count). The second-order valence-electron chi connectivity index (χ2n) is 3.41. The zero-order chi connectivity index (χ0) is 15.5. The van der Waals surface area contributed by atoms with E-state index in [4.69, 9.17) is 22.9 Å². The van der Waals surface area contributed by atoms with Crippen molar-refractivity contribution in [3.05, 3.63) is 43.3 Å². The molecule has 0 aromatic heterocycles. The molecule has 0 fully saturated rings. The number of nitrogens with zero attached hydrogens (tertiary/aromatic N) is 5. The van der Waals surface area contributed by atoms with E-state index in [9.17, 15) is 18.5 Å². The van der Waals surface area contributed by atoms with Gasteiger partial charge in [-0.25, -0.2) is 0 Å². The number of sulfonamides is 1. The van der Waals surface area contributed by atoms with Crippen LogP contribution in [-0.2, 0) is 10.0 Å². The first-order chi connectivity index (χ1) is 9.20. The first-order valence-electron chi connectivity index (χ1n) is 4.79. The van der Waals surface area contributed by atoms with E-state index in [2.05, 4.69) is 14.4 Å². The summed E-state index contributed by atoms with van der Waals surface area (Å²) in [5, 5.41) is 13.0. The number of benzene rings is 1. The van der Waals surface area contributed by atoms with Crippen LogP contribution in [0.15, 0.2) is 26.5 Å². The van der Waals surface area contributed by atoms with E-state index in [0.29, 0.717) is 0 Å². The fourth-order valence-corrected chi connectivity index (χ4v) is 2.82. The maximum absolute atomic E-state index is 11.9. The van der Waals surface area contributed by atoms with Crippen LogP contribution in [0.2, 0.25) is 5.02 Å². The second kappa shape index (κ2) is 5.74. The maximum atomic E-state index is 11.9. The summed E-state index contributed by atoms with van der Waals surface area (Å²) in [6, 6.07) is 2.25. The van der Waals surface area contributed by atoms with E-state index in [1.165, 1.54) is 13.0 Å². The van der Waals surface area contributed by atoms with E-state index in [0.717, 1.165) is 6.07 Å². The van der Waals surface area contributed by atoms with Crippen molar-refractivity contribution in [3.8, 4) is 0 Å². The number of nitrogens with two attached hydrogens (primary N) is 1. The van der Waals surface area contributed by atoms with Crippen LogP contribution in [0.1, 0.15) is 5.56 Å². The molecule has 0 spiro atoms. The van der Waals surface area contributed by atoms with Gasteiger partial charge in [0.1, 0.15) is 9.92 Å². The molecule has 0 unspecified atom stereocenters. The Hall–Kier alpha value is -2.36. The second-order valence-corrected chi connectivity index (χ2v) is 5.36. The largest absolute Gasteiger partial charge is 0.381 e. The molecule has 0 aliphatic carbocycles. The van der Waals surface area contributed by atoms with Crippen molar-refractivity contribution in [1.82, 2.24) is 0 Å². The minimum absolute atomic E-state index is 0.186. The predicted molar refractivity (Wildman–Crippen MR) is 70.8 cm³/mol. The lowest BCUT2D eigenvalue weighted by atomic mass is 10.2. The van der Waals surface area contributed by atoms with E-state index < -0.39 is 36.5 Å². The molecule has 0 atom stereocenters. The third kappa shape index (κ3) is 3.15. The van der Waals surface area contributed by atoms with Gasteiger partial charge in [-0.15, -0.1) is 4.40 Å². The Balaban J connectivity index is 3.57. The molecule has 0 bridgehead atoms. The molecule has 106 valence electrons. The average molecular weight is 319 g/mol. The summed E-state index contributed by atoms with van der Waals surface area (Å²) >= 11 is 5.72. The van der Waals surface area contributed by atoms with Gasteiger partial charge in [0.25, 0.3) is 15.7 Å². The van der Waals surface area contributed by atoms with Crippen LogP contribution in [-0.4, -0.2) is 19.3 Å². The van der Waals surface area contributed by atoms with Crippen LogP contribution in [0.25, 0.3) is 10.4 Å². The number of nitro benzene ring substituents is 1. The van der Waals surface area contributed by atoms with Crippen LogP contribution < -0.4 is 5.73 Å². The smallest absolute Gasteiger partial charge is 0.292 e. The number of hydrogen-bond acceptors (Lipinski definition) is 4. The lowest BCUT2D eigenvalue weighted by Crippen LogP contribution is -2.11. The minimum atomic E-state index is -4.42. The van der Waals surface area contributed by atoms with Gasteiger partial charge in [0.2, 0.25) is 5.96 Å². The molecule has 2 N–H and O–H groups in total. The molecule has 20 heavy (non-hydrogen) atoms. The van der Waals surface area contributed by atoms with E-state index >= 15 is 0 Å². The van der Waals surface area contributed by atoms with Crippen LogP contribution in [0.4, 0.5) is 5.69 Å². The zero-order valence-electron chi connectivity index (χ0n) is 9.89. The average Bonchev–Trinajstić information content (AvgIpc) is 2.27. The Morgan fingerprint density at radius 2 is 2.15 bits per heavy atom. The first kappa shape index (κ1) is 15.7. The van der Waals surface area contributed by atoms with Gasteiger partial charge < -0.3 is 5.73 Å². The molecule has 0 heterocycles. The summed E-state index contributed by atoms with van der Waals surface area (Å²) in [7, 11) is -4.42. The van der Waals surface area contributed by atoms with Gasteiger partial charge in [-0.2, -0.15) is 8.42 Å². The number of halogens is 1. The third-order valence-electron chi connectivity index (χ3n) is 2.10. The summed E-state index contributed by atoms with van der Waals surface area (Å²) in [6.07, 6.45) is 0. The Morgan fingerprint density at radius 3 is 2.65 bits per heavy atom. The zero-order valence-corrected chi connectivity index (χ0v) is 11.5. The topological polar surface area (TPSA) is 164 Å². The van der Waals surface area contributed by atoms with Crippen molar-refractivity contribution in [1.29, 1.82) is 0 Å². The number of aryl methyl sites for hydroxylation is 1. The van der Waals surface area contributed by atoms with E-state index in [-0.39, 0.29) is 5.56 Å². The van der Waals surface area contributed by atoms with Gasteiger partial charge in [-0.1, -0.05) is 17.7 Å². The normalized spacial score (nSPS) is 11.8. The Morgan fingerprint density at radius 1 is 1.55 bits per heavy atom. The van der Waals surface area contributed by atoms with Gasteiger partial charge in [0.05, 0.1) is 4.92 Å². The van der Waals surface area contributed by atoms with Crippen molar-refractivity contribution in [3.63, 3.8) is 0 Å². The quantitative estimate of drug-likeness (QED) is 0.170. The molecule has 1 aromatic carbocycles. The molecule has 0 aliphatic heterocycles. The van der Waals surface area contributed by atoms with Gasteiger partial charge in [-0.05, 0) is 23.6 Å². The molecule has 0 amide bonds. The summed E-state index contributed by atoms with van der Waals surface area (Å²) in [4.78, 5) is 11.7. The molecule has 10 nitrogen and oxygen atoms in total. The van der Waals surface area contributed by atoms with Crippen LogP contribution in [0.5, 0.6) is 0 Å². The standard InChI is InChI=1S/C8H7ClN6O4S/c1-4-2-3-5(6(9)7(4)15(16)17)20(18,19)13-8(10)12-14-11/h2-3H,1H3,(H2,10,13). The first-order valence-corrected chi connectivity index (χ1v) is 6.61. The number of hydrogen-bond donors (Lipinski definition) is 1. The lowest BCUT2D eigenvalue weighted by Gasteiger charge is -2.05. The minimum Gasteiger partial charge on any atom is -0.381 e. The molecule has 0 radical (unpaired) electrons. The number of rotatable bonds is 3. The van der Waals surface area contributed by atoms with Crippen LogP contribution >= 0.6 is 11.6 Å². The Labute approximate surface area is 117 Å². The van der Waals surface area contributed by atoms with Crippen molar-refractivity contribution < 1.29 is 13.3 Å². The van der Waals surface area contributed by atoms with E-state index in [1.54, 1.807) is 0 Å². The maximum Gasteiger partial charge on any atom is 0.292 e. The summed E-state index contributed by atoms with van der Waals surface area (Å²) in [5.74, 6) is -0.855. The number of azide groups is 1. The molecule has 0 saturated carbocycles. The highest BCUT2D eigenvalue weighted by atomic mass is 35.5. The van der Waals surface area contributed by atoms with Crippen molar-refractivity contribution in [2.24, 2.45) is 15.2 Å². The van der Waals surface area contributed by atoms with Gasteiger partial charge in [-0.3, -0.25) is 10.1 Å². The van der Waals surface area contributed by atoms with Gasteiger partial charge in [0.15, 0.2) is 0 Å². The molecular formula is C8H7ClN6O4S. The van der Waals surface area contributed by atoms with E-state index in [1.807, 2.05) is 0 Å². The van der Waals surface area contributed by atoms with Crippen molar-refractivity contribution in [2.45, 2.75) is 11.8 Å². The van der Waals surface area contributed by atoms with Crippen molar-refractivity contribution in [2.75, 3.05) is 0 Å². The summed E-state index contributed by atoms with van der Waals surface area (Å²) in [6.45, 7) is 1.40. The third-order valence-corrected chi connectivity index (χ3v) is 3.92. The summed E-state index contributed by atoms with van der Waals surface area (Å²) < 4.78 is 26.7. The highest BCUT2D eigenvalue weighted by molar-refractivity contribution is 7.90. The Kier molecular flexibility index (Phi) is 4.50. The van der Waals surface area contributed by atoms with Gasteiger partial charge in [0, 0.05) is 10.5 Å². The SMILES string of the molecule is Cc1ccc(S(=O)(=O)N=C(N)N=[N+]=[N-])c(Cl)c1[N+](=O)[O-]. The molecule has 0 aliphatic rings. The molecule has 12 heteroatoms. The highest BCUT2D eigenvalue weighted by Crippen LogP contribution is 2.34. The fraction of sp³-hybridized carbons (Fsp3) is 0.125. The van der Waals surface area contributed by atoms with Crippen LogP contribution in [0, 0.1) is 17.0 Å². The van der Waals surface area contributed by atoms with Crippen LogP contribution in [0.3, 0.4) is 0 Å². The highest BCUT2D eigenvalue weighted by Gasteiger charge is 2.26. The summed E-state index contributed by atoms with van der Waals surface area (Å²) in [5.41, 5.74) is 12.8. The molecule has 1 aromatic rings. The number of guanidine groups is 1. The molecule has 0 saturated heterocycles.